The molecule has 3 N–H and O–H groups in total. The fourth-order valence-corrected chi connectivity index (χ4v) is 2.23. The lowest BCUT2D eigenvalue weighted by Crippen LogP contribution is -2.25. The first kappa shape index (κ1) is 14.7. The van der Waals surface area contributed by atoms with Crippen molar-refractivity contribution in [3.8, 4) is 0 Å². The molecule has 0 fully saturated rings. The molecule has 18 heavy (non-hydrogen) atoms. The fourth-order valence-electron chi connectivity index (χ4n) is 2.23. The van der Waals surface area contributed by atoms with Crippen LogP contribution in [0.3, 0.4) is 0 Å². The molecule has 1 aromatic rings. The maximum atomic E-state index is 5.77. The summed E-state index contributed by atoms with van der Waals surface area (Å²) in [5, 5.41) is 3.39. The predicted molar refractivity (Wildman–Crippen MR) is 77.5 cm³/mol. The monoisotopic (exact) mass is 250 g/mol. The Hall–Kier alpha value is -1.32. The van der Waals surface area contributed by atoms with Crippen LogP contribution in [-0.4, -0.2) is 16.5 Å². The number of nitrogen functional groups attached to an aromatic ring is 1. The zero-order valence-corrected chi connectivity index (χ0v) is 12.2. The van der Waals surface area contributed by atoms with E-state index in [0.29, 0.717) is 23.6 Å². The first-order chi connectivity index (χ1) is 8.43. The van der Waals surface area contributed by atoms with Gasteiger partial charge in [0.15, 0.2) is 0 Å². The van der Waals surface area contributed by atoms with E-state index in [1.807, 2.05) is 6.92 Å². The van der Waals surface area contributed by atoms with E-state index in [9.17, 15) is 0 Å². The highest BCUT2D eigenvalue weighted by molar-refractivity contribution is 5.44. The number of anilines is 2. The van der Waals surface area contributed by atoms with Gasteiger partial charge in [0, 0.05) is 19.0 Å². The highest BCUT2D eigenvalue weighted by Crippen LogP contribution is 2.21. The van der Waals surface area contributed by atoms with Gasteiger partial charge in [0.05, 0.1) is 0 Å². The minimum Gasteiger partial charge on any atom is -0.384 e. The lowest BCUT2D eigenvalue weighted by Gasteiger charge is -2.25. The van der Waals surface area contributed by atoms with Crippen LogP contribution < -0.4 is 11.1 Å². The number of rotatable bonds is 6. The summed E-state index contributed by atoms with van der Waals surface area (Å²) >= 11 is 0. The molecule has 0 unspecified atom stereocenters. The van der Waals surface area contributed by atoms with Crippen LogP contribution in [0.5, 0.6) is 0 Å². The number of aromatic nitrogens is 2. The lowest BCUT2D eigenvalue weighted by atomic mass is 9.85. The van der Waals surface area contributed by atoms with Gasteiger partial charge in [-0.15, -0.1) is 0 Å². The molecule has 0 aliphatic carbocycles. The van der Waals surface area contributed by atoms with Crippen LogP contribution in [-0.2, 0) is 6.42 Å². The Bertz CT molecular complexity index is 366. The zero-order chi connectivity index (χ0) is 13.7. The standard InChI is InChI=1S/C14H26N4/c1-6-13-17-12(15)7-14(18-13)16-8-11(9(2)3)10(4)5/h7,9-11H,6,8H2,1-5H3,(H3,15,16,17,18). The van der Waals surface area contributed by atoms with Crippen molar-refractivity contribution in [3.63, 3.8) is 0 Å². The molecule has 0 radical (unpaired) electrons. The summed E-state index contributed by atoms with van der Waals surface area (Å²) in [6.45, 7) is 12.0. The van der Waals surface area contributed by atoms with Crippen molar-refractivity contribution >= 4 is 11.6 Å². The number of aryl methyl sites for hydroxylation is 1. The summed E-state index contributed by atoms with van der Waals surface area (Å²) in [6, 6.07) is 1.80. The van der Waals surface area contributed by atoms with E-state index in [0.717, 1.165) is 24.6 Å². The molecule has 0 saturated heterocycles. The molecular formula is C14H26N4. The molecule has 1 rings (SSSR count). The minimum absolute atomic E-state index is 0.537. The van der Waals surface area contributed by atoms with E-state index in [2.05, 4.69) is 43.0 Å². The molecule has 4 heteroatoms. The van der Waals surface area contributed by atoms with E-state index in [1.165, 1.54) is 0 Å². The largest absolute Gasteiger partial charge is 0.384 e. The molecule has 1 heterocycles. The van der Waals surface area contributed by atoms with Gasteiger partial charge < -0.3 is 11.1 Å². The molecule has 0 bridgehead atoms. The zero-order valence-electron chi connectivity index (χ0n) is 12.2. The normalized spacial score (nSPS) is 11.6. The maximum absolute atomic E-state index is 5.77. The summed E-state index contributed by atoms with van der Waals surface area (Å²) in [4.78, 5) is 8.62. The van der Waals surface area contributed by atoms with E-state index < -0.39 is 0 Å². The second kappa shape index (κ2) is 6.57. The van der Waals surface area contributed by atoms with Gasteiger partial charge in [-0.3, -0.25) is 0 Å². The average molecular weight is 250 g/mol. The van der Waals surface area contributed by atoms with Crippen LogP contribution in [0.1, 0.15) is 40.4 Å². The second-order valence-electron chi connectivity index (χ2n) is 5.48. The number of hydrogen-bond acceptors (Lipinski definition) is 4. The highest BCUT2D eigenvalue weighted by Gasteiger charge is 2.17. The number of nitrogens with zero attached hydrogens (tertiary/aromatic N) is 2. The predicted octanol–water partition coefficient (Wildman–Crippen LogP) is 2.96. The second-order valence-corrected chi connectivity index (χ2v) is 5.48. The number of nitrogens with one attached hydrogen (secondary N) is 1. The van der Waals surface area contributed by atoms with Crippen LogP contribution in [0, 0.1) is 17.8 Å². The third kappa shape index (κ3) is 4.17. The molecule has 0 atom stereocenters. The van der Waals surface area contributed by atoms with Crippen LogP contribution in [0.15, 0.2) is 6.07 Å². The van der Waals surface area contributed by atoms with Gasteiger partial charge in [-0.2, -0.15) is 0 Å². The van der Waals surface area contributed by atoms with Crippen LogP contribution >= 0.6 is 0 Å². The third-order valence-electron chi connectivity index (χ3n) is 3.34. The molecule has 0 spiro atoms. The smallest absolute Gasteiger partial charge is 0.132 e. The Morgan fingerprint density at radius 2 is 1.78 bits per heavy atom. The Labute approximate surface area is 110 Å². The fraction of sp³-hybridized carbons (Fsp3) is 0.714. The first-order valence-corrected chi connectivity index (χ1v) is 6.81. The third-order valence-corrected chi connectivity index (χ3v) is 3.34. The van der Waals surface area contributed by atoms with Gasteiger partial charge in [-0.05, 0) is 17.8 Å². The van der Waals surface area contributed by atoms with Gasteiger partial charge in [0.2, 0.25) is 0 Å². The van der Waals surface area contributed by atoms with Gasteiger partial charge in [0.25, 0.3) is 0 Å². The summed E-state index contributed by atoms with van der Waals surface area (Å²) in [6.07, 6.45) is 0.803. The molecule has 0 aliphatic heterocycles. The van der Waals surface area contributed by atoms with Crippen molar-refractivity contribution in [2.45, 2.75) is 41.0 Å². The molecule has 102 valence electrons. The molecule has 4 nitrogen and oxygen atoms in total. The molecular weight excluding hydrogens is 224 g/mol. The van der Waals surface area contributed by atoms with Gasteiger partial charge in [0.1, 0.15) is 17.5 Å². The van der Waals surface area contributed by atoms with Crippen molar-refractivity contribution < 1.29 is 0 Å². The van der Waals surface area contributed by atoms with Crippen molar-refractivity contribution in [1.82, 2.24) is 9.97 Å². The van der Waals surface area contributed by atoms with E-state index in [4.69, 9.17) is 5.73 Å². The average Bonchev–Trinajstić information content (AvgIpc) is 2.27. The van der Waals surface area contributed by atoms with Crippen molar-refractivity contribution in [2.24, 2.45) is 17.8 Å². The molecule has 0 saturated carbocycles. The summed E-state index contributed by atoms with van der Waals surface area (Å²) in [7, 11) is 0. The Morgan fingerprint density at radius 3 is 2.28 bits per heavy atom. The summed E-state index contributed by atoms with van der Waals surface area (Å²) < 4.78 is 0. The Kier molecular flexibility index (Phi) is 5.38. The SMILES string of the molecule is CCc1nc(N)cc(NCC(C(C)C)C(C)C)n1. The van der Waals surface area contributed by atoms with E-state index in [-0.39, 0.29) is 0 Å². The molecule has 0 aliphatic rings. The number of hydrogen-bond donors (Lipinski definition) is 2. The van der Waals surface area contributed by atoms with Crippen molar-refractivity contribution in [1.29, 1.82) is 0 Å². The van der Waals surface area contributed by atoms with E-state index >= 15 is 0 Å². The summed E-state index contributed by atoms with van der Waals surface area (Å²) in [5.41, 5.74) is 5.77. The van der Waals surface area contributed by atoms with Crippen molar-refractivity contribution in [2.75, 3.05) is 17.6 Å². The quantitative estimate of drug-likeness (QED) is 0.814. The highest BCUT2D eigenvalue weighted by atomic mass is 15.0. The minimum atomic E-state index is 0.537. The van der Waals surface area contributed by atoms with Crippen LogP contribution in [0.4, 0.5) is 11.6 Å². The first-order valence-electron chi connectivity index (χ1n) is 6.81. The molecule has 1 aromatic heterocycles. The summed E-state index contributed by atoms with van der Waals surface area (Å²) in [5.74, 6) is 4.11. The van der Waals surface area contributed by atoms with Crippen LogP contribution in [0.2, 0.25) is 0 Å². The lowest BCUT2D eigenvalue weighted by molar-refractivity contribution is 0.304. The van der Waals surface area contributed by atoms with Gasteiger partial charge in [-0.25, -0.2) is 9.97 Å². The Morgan fingerprint density at radius 1 is 1.17 bits per heavy atom. The molecule has 0 amide bonds. The number of nitrogens with two attached hydrogens (primary N) is 1. The molecule has 0 aromatic carbocycles. The van der Waals surface area contributed by atoms with E-state index in [1.54, 1.807) is 6.07 Å². The van der Waals surface area contributed by atoms with Crippen LogP contribution in [0.25, 0.3) is 0 Å². The Balaban J connectivity index is 2.70. The van der Waals surface area contributed by atoms with Gasteiger partial charge >= 0.3 is 0 Å². The topological polar surface area (TPSA) is 63.8 Å². The van der Waals surface area contributed by atoms with Crippen molar-refractivity contribution in [3.05, 3.63) is 11.9 Å². The van der Waals surface area contributed by atoms with Gasteiger partial charge in [-0.1, -0.05) is 34.6 Å². The maximum Gasteiger partial charge on any atom is 0.132 e.